The van der Waals surface area contributed by atoms with Crippen molar-refractivity contribution in [3.05, 3.63) is 64.2 Å². The summed E-state index contributed by atoms with van der Waals surface area (Å²) < 4.78 is 1.59. The molecule has 0 aliphatic rings. The molecule has 3 aromatic rings. The third-order valence-corrected chi connectivity index (χ3v) is 4.06. The first kappa shape index (κ1) is 18.2. The summed E-state index contributed by atoms with van der Waals surface area (Å²) in [7, 11) is 0. The van der Waals surface area contributed by atoms with E-state index < -0.39 is 5.91 Å². The van der Waals surface area contributed by atoms with Crippen LogP contribution in [0.15, 0.2) is 42.6 Å². The van der Waals surface area contributed by atoms with Gasteiger partial charge in [-0.3, -0.25) is 14.0 Å². The summed E-state index contributed by atoms with van der Waals surface area (Å²) >= 11 is 11.9. The number of hydrogen-bond acceptors (Lipinski definition) is 3. The quantitative estimate of drug-likeness (QED) is 0.690. The first-order valence-corrected chi connectivity index (χ1v) is 8.78. The van der Waals surface area contributed by atoms with E-state index in [0.29, 0.717) is 27.8 Å². The van der Waals surface area contributed by atoms with Gasteiger partial charge in [0.1, 0.15) is 0 Å². The van der Waals surface area contributed by atoms with Gasteiger partial charge >= 0.3 is 0 Å². The van der Waals surface area contributed by atoms with Crippen molar-refractivity contribution >= 4 is 46.2 Å². The summed E-state index contributed by atoms with van der Waals surface area (Å²) in [6, 6.07) is 10.0. The van der Waals surface area contributed by atoms with Crippen LogP contribution in [0, 0.1) is 0 Å². The smallest absolute Gasteiger partial charge is 0.287 e. The van der Waals surface area contributed by atoms with E-state index in [1.54, 1.807) is 47.0 Å². The Labute approximate surface area is 160 Å². The molecular weight excluding hydrogens is 375 g/mol. The van der Waals surface area contributed by atoms with Crippen molar-refractivity contribution in [2.45, 2.75) is 13.3 Å². The standard InChI is InChI=1S/C18H16Cl2N4O2/c1-2-6-21-18(26)16-23-15(14-5-3-4-7-24(14)16)17(25)22-13-9-11(19)8-12(20)10-13/h3-5,7-10H,2,6H2,1H3,(H,21,26)(H,22,25). The molecule has 0 fully saturated rings. The fraction of sp³-hybridized carbons (Fsp3) is 0.167. The first-order chi connectivity index (χ1) is 12.5. The van der Waals surface area contributed by atoms with Gasteiger partial charge in [0, 0.05) is 28.5 Å². The molecule has 8 heteroatoms. The van der Waals surface area contributed by atoms with Crippen LogP contribution in [0.4, 0.5) is 5.69 Å². The van der Waals surface area contributed by atoms with E-state index in [2.05, 4.69) is 15.6 Å². The second-order valence-electron chi connectivity index (χ2n) is 5.61. The fourth-order valence-corrected chi connectivity index (χ4v) is 3.03. The summed E-state index contributed by atoms with van der Waals surface area (Å²) in [5.74, 6) is -0.636. The summed E-state index contributed by atoms with van der Waals surface area (Å²) in [6.45, 7) is 2.49. The SMILES string of the molecule is CCCNC(=O)c1nc(C(=O)Nc2cc(Cl)cc(Cl)c2)c2ccccn12. The highest BCUT2D eigenvalue weighted by molar-refractivity contribution is 6.35. The van der Waals surface area contributed by atoms with E-state index in [1.807, 2.05) is 6.92 Å². The van der Waals surface area contributed by atoms with Crippen LogP contribution >= 0.6 is 23.2 Å². The Balaban J connectivity index is 1.96. The van der Waals surface area contributed by atoms with Crippen LogP contribution in [-0.2, 0) is 0 Å². The summed E-state index contributed by atoms with van der Waals surface area (Å²) in [6.07, 6.45) is 2.49. The van der Waals surface area contributed by atoms with Crippen LogP contribution in [0.2, 0.25) is 10.0 Å². The second-order valence-corrected chi connectivity index (χ2v) is 6.48. The third-order valence-electron chi connectivity index (χ3n) is 3.62. The number of carbonyl (C=O) groups is 2. The highest BCUT2D eigenvalue weighted by Crippen LogP contribution is 2.23. The first-order valence-electron chi connectivity index (χ1n) is 8.02. The largest absolute Gasteiger partial charge is 0.349 e. The second kappa shape index (κ2) is 7.76. The van der Waals surface area contributed by atoms with Crippen LogP contribution in [-0.4, -0.2) is 27.7 Å². The minimum Gasteiger partial charge on any atom is -0.349 e. The maximum absolute atomic E-state index is 12.7. The highest BCUT2D eigenvalue weighted by atomic mass is 35.5. The lowest BCUT2D eigenvalue weighted by molar-refractivity contribution is 0.0942. The monoisotopic (exact) mass is 390 g/mol. The molecule has 2 heterocycles. The molecule has 0 atom stereocenters. The van der Waals surface area contributed by atoms with Crippen LogP contribution in [0.5, 0.6) is 0 Å². The third kappa shape index (κ3) is 3.81. The molecular formula is C18H16Cl2N4O2. The molecule has 0 bridgehead atoms. The van der Waals surface area contributed by atoms with Crippen molar-refractivity contribution in [3.8, 4) is 0 Å². The molecule has 0 aliphatic carbocycles. The number of benzene rings is 1. The van der Waals surface area contributed by atoms with Gasteiger partial charge in [-0.2, -0.15) is 0 Å². The topological polar surface area (TPSA) is 75.5 Å². The lowest BCUT2D eigenvalue weighted by Crippen LogP contribution is -2.26. The highest BCUT2D eigenvalue weighted by Gasteiger charge is 2.21. The number of anilines is 1. The predicted molar refractivity (Wildman–Crippen MR) is 102 cm³/mol. The van der Waals surface area contributed by atoms with Crippen LogP contribution < -0.4 is 10.6 Å². The number of halogens is 2. The van der Waals surface area contributed by atoms with Crippen molar-refractivity contribution < 1.29 is 9.59 Å². The van der Waals surface area contributed by atoms with Crippen molar-refractivity contribution in [2.75, 3.05) is 11.9 Å². The Morgan fingerprint density at radius 1 is 1.12 bits per heavy atom. The van der Waals surface area contributed by atoms with E-state index in [-0.39, 0.29) is 17.4 Å². The number of carbonyl (C=O) groups excluding carboxylic acids is 2. The zero-order valence-corrected chi connectivity index (χ0v) is 15.4. The molecule has 0 saturated carbocycles. The Kier molecular flexibility index (Phi) is 5.44. The van der Waals surface area contributed by atoms with Crippen molar-refractivity contribution in [1.82, 2.24) is 14.7 Å². The maximum atomic E-state index is 12.7. The summed E-state index contributed by atoms with van der Waals surface area (Å²) in [5.41, 5.74) is 1.12. The normalized spacial score (nSPS) is 10.7. The van der Waals surface area contributed by atoms with E-state index in [4.69, 9.17) is 23.2 Å². The van der Waals surface area contributed by atoms with Crippen LogP contribution in [0.25, 0.3) is 5.52 Å². The van der Waals surface area contributed by atoms with Crippen LogP contribution in [0.1, 0.15) is 34.5 Å². The number of aromatic nitrogens is 2. The van der Waals surface area contributed by atoms with E-state index in [1.165, 1.54) is 0 Å². The molecule has 0 unspecified atom stereocenters. The number of imidazole rings is 1. The molecule has 6 nitrogen and oxygen atoms in total. The van der Waals surface area contributed by atoms with Crippen molar-refractivity contribution in [3.63, 3.8) is 0 Å². The van der Waals surface area contributed by atoms with Gasteiger partial charge < -0.3 is 10.6 Å². The van der Waals surface area contributed by atoms with E-state index >= 15 is 0 Å². The molecule has 1 aromatic carbocycles. The van der Waals surface area contributed by atoms with Gasteiger partial charge in [0.15, 0.2) is 5.69 Å². The molecule has 26 heavy (non-hydrogen) atoms. The Bertz CT molecular complexity index is 964. The van der Waals surface area contributed by atoms with Gasteiger partial charge in [0.05, 0.1) is 5.52 Å². The zero-order valence-electron chi connectivity index (χ0n) is 13.9. The molecule has 0 radical (unpaired) electrons. The van der Waals surface area contributed by atoms with Crippen LogP contribution in [0.3, 0.4) is 0 Å². The lowest BCUT2D eigenvalue weighted by Gasteiger charge is -2.05. The predicted octanol–water partition coefficient (Wildman–Crippen LogP) is 4.03. The number of amides is 2. The fourth-order valence-electron chi connectivity index (χ4n) is 2.50. The van der Waals surface area contributed by atoms with E-state index in [0.717, 1.165) is 6.42 Å². The molecule has 134 valence electrons. The number of fused-ring (bicyclic) bond motifs is 1. The molecule has 2 aromatic heterocycles. The molecule has 3 rings (SSSR count). The van der Waals surface area contributed by atoms with Gasteiger partial charge in [0.25, 0.3) is 11.8 Å². The lowest BCUT2D eigenvalue weighted by atomic mass is 10.3. The molecule has 0 spiro atoms. The molecule has 0 aliphatic heterocycles. The van der Waals surface area contributed by atoms with Gasteiger partial charge in [0.2, 0.25) is 5.82 Å². The van der Waals surface area contributed by atoms with Gasteiger partial charge in [-0.25, -0.2) is 4.98 Å². The maximum Gasteiger partial charge on any atom is 0.287 e. The minimum absolute atomic E-state index is 0.142. The summed E-state index contributed by atoms with van der Waals surface area (Å²) in [5, 5.41) is 6.29. The Morgan fingerprint density at radius 2 is 1.85 bits per heavy atom. The number of nitrogens with zero attached hydrogens (tertiary/aromatic N) is 2. The molecule has 2 N–H and O–H groups in total. The van der Waals surface area contributed by atoms with Gasteiger partial charge in [-0.05, 0) is 36.8 Å². The zero-order chi connectivity index (χ0) is 18.7. The van der Waals surface area contributed by atoms with Gasteiger partial charge in [-0.15, -0.1) is 0 Å². The number of rotatable bonds is 5. The van der Waals surface area contributed by atoms with Crippen molar-refractivity contribution in [1.29, 1.82) is 0 Å². The summed E-state index contributed by atoms with van der Waals surface area (Å²) in [4.78, 5) is 29.3. The Hall–Kier alpha value is -2.57. The average Bonchev–Trinajstić information content (AvgIpc) is 2.98. The number of pyridine rings is 1. The number of hydrogen-bond donors (Lipinski definition) is 2. The average molecular weight is 391 g/mol. The minimum atomic E-state index is -0.457. The number of nitrogens with one attached hydrogen (secondary N) is 2. The van der Waals surface area contributed by atoms with E-state index in [9.17, 15) is 9.59 Å². The van der Waals surface area contributed by atoms with Gasteiger partial charge in [-0.1, -0.05) is 36.2 Å². The molecule has 2 amide bonds. The van der Waals surface area contributed by atoms with Crippen molar-refractivity contribution in [2.24, 2.45) is 0 Å². The molecule has 0 saturated heterocycles. The Morgan fingerprint density at radius 3 is 2.54 bits per heavy atom.